The molecule has 3 rings (SSSR count). The Morgan fingerprint density at radius 1 is 1.14 bits per heavy atom. The third-order valence-corrected chi connectivity index (χ3v) is 4.81. The first-order chi connectivity index (χ1) is 13.3. The van der Waals surface area contributed by atoms with Gasteiger partial charge in [-0.05, 0) is 29.2 Å². The number of fused-ring (bicyclic) bond motifs is 1. The molecule has 0 saturated heterocycles. The molecule has 0 unspecified atom stereocenters. The SMILES string of the molecule is CCCN1C(=O)Cc2ccccc2[C@@H]1C(=O)NCc1ccccc1C(F)(F)F. The van der Waals surface area contributed by atoms with E-state index in [1.165, 1.54) is 23.1 Å². The highest BCUT2D eigenvalue weighted by atomic mass is 19.4. The van der Waals surface area contributed by atoms with Gasteiger partial charge in [-0.15, -0.1) is 0 Å². The molecular formula is C21H21F3N2O2. The zero-order valence-electron chi connectivity index (χ0n) is 15.4. The number of nitrogens with zero attached hydrogens (tertiary/aromatic N) is 1. The van der Waals surface area contributed by atoms with Crippen molar-refractivity contribution < 1.29 is 22.8 Å². The Labute approximate surface area is 161 Å². The van der Waals surface area contributed by atoms with Crippen LogP contribution in [0.5, 0.6) is 0 Å². The number of hydrogen-bond acceptors (Lipinski definition) is 2. The van der Waals surface area contributed by atoms with Gasteiger partial charge in [0.15, 0.2) is 0 Å². The Bertz CT molecular complexity index is 880. The van der Waals surface area contributed by atoms with Crippen LogP contribution in [0.3, 0.4) is 0 Å². The van der Waals surface area contributed by atoms with Crippen LogP contribution in [0.4, 0.5) is 13.2 Å². The Morgan fingerprint density at radius 2 is 1.82 bits per heavy atom. The van der Waals surface area contributed by atoms with Crippen molar-refractivity contribution in [3.8, 4) is 0 Å². The first-order valence-electron chi connectivity index (χ1n) is 9.13. The van der Waals surface area contributed by atoms with E-state index in [0.717, 1.165) is 17.2 Å². The van der Waals surface area contributed by atoms with Gasteiger partial charge in [0.05, 0.1) is 12.0 Å². The van der Waals surface area contributed by atoms with Crippen LogP contribution in [0, 0.1) is 0 Å². The van der Waals surface area contributed by atoms with E-state index in [1.807, 2.05) is 6.92 Å². The molecular weight excluding hydrogens is 369 g/mol. The molecule has 0 radical (unpaired) electrons. The van der Waals surface area contributed by atoms with Gasteiger partial charge in [0.2, 0.25) is 11.8 Å². The zero-order valence-corrected chi connectivity index (χ0v) is 15.4. The fourth-order valence-corrected chi connectivity index (χ4v) is 3.55. The Morgan fingerprint density at radius 3 is 2.54 bits per heavy atom. The summed E-state index contributed by atoms with van der Waals surface area (Å²) in [6.45, 7) is 2.05. The van der Waals surface area contributed by atoms with Crippen molar-refractivity contribution in [1.82, 2.24) is 10.2 Å². The number of rotatable bonds is 5. The standard InChI is InChI=1S/C21H21F3N2O2/c1-2-11-26-18(27)12-14-7-3-5-9-16(14)19(26)20(28)25-13-15-8-4-6-10-17(15)21(22,23)24/h3-10,19H,2,11-13H2,1H3,(H,25,28)/t19-/m1/s1. The molecule has 1 atom stereocenters. The molecule has 0 bridgehead atoms. The van der Waals surface area contributed by atoms with Crippen molar-refractivity contribution in [3.63, 3.8) is 0 Å². The lowest BCUT2D eigenvalue weighted by Crippen LogP contribution is -2.47. The van der Waals surface area contributed by atoms with Gasteiger partial charge in [-0.25, -0.2) is 0 Å². The molecule has 7 heteroatoms. The van der Waals surface area contributed by atoms with Crippen LogP contribution in [0.2, 0.25) is 0 Å². The number of alkyl halides is 3. The fourth-order valence-electron chi connectivity index (χ4n) is 3.55. The van der Waals surface area contributed by atoms with Gasteiger partial charge in [-0.1, -0.05) is 49.4 Å². The molecule has 0 fully saturated rings. The minimum absolute atomic E-state index is 0.0131. The average molecular weight is 390 g/mol. The molecule has 4 nitrogen and oxygen atoms in total. The van der Waals surface area contributed by atoms with Gasteiger partial charge in [0.25, 0.3) is 0 Å². The smallest absolute Gasteiger partial charge is 0.350 e. The molecule has 0 saturated carbocycles. The van der Waals surface area contributed by atoms with Crippen molar-refractivity contribution in [3.05, 3.63) is 70.8 Å². The number of halogens is 3. The molecule has 2 aromatic carbocycles. The van der Waals surface area contributed by atoms with E-state index in [2.05, 4.69) is 5.32 Å². The van der Waals surface area contributed by atoms with Gasteiger partial charge in [-0.3, -0.25) is 9.59 Å². The van der Waals surface area contributed by atoms with Gasteiger partial charge in [-0.2, -0.15) is 13.2 Å². The van der Waals surface area contributed by atoms with E-state index in [0.29, 0.717) is 13.0 Å². The monoisotopic (exact) mass is 390 g/mol. The summed E-state index contributed by atoms with van der Waals surface area (Å²) in [6.07, 6.45) is -3.60. The van der Waals surface area contributed by atoms with E-state index in [-0.39, 0.29) is 24.4 Å². The zero-order chi connectivity index (χ0) is 20.3. The minimum atomic E-state index is -4.50. The maximum atomic E-state index is 13.2. The van der Waals surface area contributed by atoms with E-state index in [1.54, 1.807) is 24.3 Å². The van der Waals surface area contributed by atoms with Gasteiger partial charge in [0, 0.05) is 13.1 Å². The Balaban J connectivity index is 1.86. The van der Waals surface area contributed by atoms with Gasteiger partial charge < -0.3 is 10.2 Å². The first-order valence-corrected chi connectivity index (χ1v) is 9.13. The van der Waals surface area contributed by atoms with Crippen molar-refractivity contribution in [2.45, 2.75) is 38.5 Å². The summed E-state index contributed by atoms with van der Waals surface area (Å²) in [4.78, 5) is 27.0. The number of carbonyl (C=O) groups is 2. The lowest BCUT2D eigenvalue weighted by Gasteiger charge is -2.36. The van der Waals surface area contributed by atoms with Crippen molar-refractivity contribution in [2.24, 2.45) is 0 Å². The highest BCUT2D eigenvalue weighted by Gasteiger charge is 2.37. The molecule has 28 heavy (non-hydrogen) atoms. The second kappa shape index (κ2) is 8.04. The quantitative estimate of drug-likeness (QED) is 0.843. The largest absolute Gasteiger partial charge is 0.416 e. The number of carbonyl (C=O) groups excluding carboxylic acids is 2. The highest BCUT2D eigenvalue weighted by Crippen LogP contribution is 2.33. The van der Waals surface area contributed by atoms with Gasteiger partial charge in [0.1, 0.15) is 6.04 Å². The minimum Gasteiger partial charge on any atom is -0.350 e. The van der Waals surface area contributed by atoms with Crippen LogP contribution in [-0.2, 0) is 28.7 Å². The molecule has 148 valence electrons. The second-order valence-electron chi connectivity index (χ2n) is 6.74. The topological polar surface area (TPSA) is 49.4 Å². The molecule has 0 spiro atoms. The summed E-state index contributed by atoms with van der Waals surface area (Å²) in [5, 5.41) is 2.60. The third-order valence-electron chi connectivity index (χ3n) is 4.81. The summed E-state index contributed by atoms with van der Waals surface area (Å²) in [7, 11) is 0. The molecule has 1 aliphatic rings. The third kappa shape index (κ3) is 4.03. The van der Waals surface area contributed by atoms with Gasteiger partial charge >= 0.3 is 6.18 Å². The van der Waals surface area contributed by atoms with E-state index in [4.69, 9.17) is 0 Å². The molecule has 2 aromatic rings. The van der Waals surface area contributed by atoms with Crippen LogP contribution in [0.1, 0.15) is 41.6 Å². The Kier molecular flexibility index (Phi) is 5.72. The van der Waals surface area contributed by atoms with Crippen molar-refractivity contribution in [1.29, 1.82) is 0 Å². The lowest BCUT2D eigenvalue weighted by molar-refractivity contribution is -0.141. The summed E-state index contributed by atoms with van der Waals surface area (Å²) < 4.78 is 39.5. The molecule has 2 amide bonds. The summed E-state index contributed by atoms with van der Waals surface area (Å²) >= 11 is 0. The van der Waals surface area contributed by atoms with Crippen molar-refractivity contribution >= 4 is 11.8 Å². The molecule has 1 N–H and O–H groups in total. The summed E-state index contributed by atoms with van der Waals surface area (Å²) in [5.74, 6) is -0.637. The number of hydrogen-bond donors (Lipinski definition) is 1. The predicted molar refractivity (Wildman–Crippen MR) is 98.2 cm³/mol. The fraction of sp³-hybridized carbons (Fsp3) is 0.333. The van der Waals surface area contributed by atoms with E-state index < -0.39 is 23.7 Å². The highest BCUT2D eigenvalue weighted by molar-refractivity contribution is 5.92. The van der Waals surface area contributed by atoms with Crippen LogP contribution in [-0.4, -0.2) is 23.3 Å². The number of amides is 2. The molecule has 0 aliphatic carbocycles. The number of nitrogens with one attached hydrogen (secondary N) is 1. The van der Waals surface area contributed by atoms with E-state index >= 15 is 0 Å². The summed E-state index contributed by atoms with van der Waals surface area (Å²) in [5.41, 5.74) is 0.703. The maximum absolute atomic E-state index is 13.2. The number of benzene rings is 2. The lowest BCUT2D eigenvalue weighted by atomic mass is 9.91. The predicted octanol–water partition coefficient (Wildman–Crippen LogP) is 3.86. The second-order valence-corrected chi connectivity index (χ2v) is 6.74. The van der Waals surface area contributed by atoms with Crippen LogP contribution >= 0.6 is 0 Å². The van der Waals surface area contributed by atoms with Crippen LogP contribution < -0.4 is 5.32 Å². The van der Waals surface area contributed by atoms with Crippen LogP contribution in [0.25, 0.3) is 0 Å². The summed E-state index contributed by atoms with van der Waals surface area (Å²) in [6, 6.07) is 11.5. The molecule has 1 aliphatic heterocycles. The van der Waals surface area contributed by atoms with Crippen LogP contribution in [0.15, 0.2) is 48.5 Å². The molecule has 0 aromatic heterocycles. The van der Waals surface area contributed by atoms with E-state index in [9.17, 15) is 22.8 Å². The Hall–Kier alpha value is -2.83. The molecule has 1 heterocycles. The first kappa shape index (κ1) is 19.9. The normalized spacial score (nSPS) is 16.6. The maximum Gasteiger partial charge on any atom is 0.416 e. The van der Waals surface area contributed by atoms with Crippen molar-refractivity contribution in [2.75, 3.05) is 6.54 Å². The average Bonchev–Trinajstić information content (AvgIpc) is 2.66.